The van der Waals surface area contributed by atoms with E-state index in [1.165, 1.54) is 6.21 Å². The second-order valence-electron chi connectivity index (χ2n) is 3.86. The Bertz CT molecular complexity index is 565. The lowest BCUT2D eigenvalue weighted by Gasteiger charge is -2.19. The molecule has 0 radical (unpaired) electrons. The van der Waals surface area contributed by atoms with Crippen molar-refractivity contribution in [2.45, 2.75) is 13.0 Å². The maximum atomic E-state index is 11.7. The summed E-state index contributed by atoms with van der Waals surface area (Å²) < 4.78 is 0. The minimum Gasteiger partial charge on any atom is -0.270 e. The van der Waals surface area contributed by atoms with E-state index in [2.05, 4.69) is 15.3 Å². The fraction of sp³-hybridized carbons (Fsp3) is 0.154. The summed E-state index contributed by atoms with van der Waals surface area (Å²) in [5.41, 5.74) is 1.05. The molecule has 6 heteroatoms. The van der Waals surface area contributed by atoms with E-state index in [9.17, 15) is 4.79 Å². The first-order chi connectivity index (χ1) is 9.18. The molecule has 0 spiro atoms. The minimum absolute atomic E-state index is 0.0625. The third kappa shape index (κ3) is 3.38. The van der Waals surface area contributed by atoms with Crippen molar-refractivity contribution in [1.82, 2.24) is 5.01 Å². The van der Waals surface area contributed by atoms with Crippen LogP contribution in [-0.4, -0.2) is 28.3 Å². The van der Waals surface area contributed by atoms with Gasteiger partial charge in [-0.2, -0.15) is 15.2 Å². The second kappa shape index (κ2) is 6.10. The van der Waals surface area contributed by atoms with E-state index < -0.39 is 6.04 Å². The molecule has 1 unspecified atom stereocenters. The Kier molecular flexibility index (Phi) is 4.25. The van der Waals surface area contributed by atoms with Crippen LogP contribution >= 0.6 is 12.2 Å². The van der Waals surface area contributed by atoms with Gasteiger partial charge in [0.25, 0.3) is 5.91 Å². The largest absolute Gasteiger partial charge is 0.275 e. The maximum absolute atomic E-state index is 11.7. The summed E-state index contributed by atoms with van der Waals surface area (Å²) in [4.78, 5) is 11.7. The zero-order valence-corrected chi connectivity index (χ0v) is 11.1. The molecule has 1 amide bonds. The number of hydrogen-bond acceptors (Lipinski definition) is 4. The topological polar surface area (TPSA) is 57.4 Å². The number of azo groups is 1. The highest BCUT2D eigenvalue weighted by Gasteiger charge is 2.27. The number of carbonyl (C=O) groups is 1. The summed E-state index contributed by atoms with van der Waals surface area (Å²) in [7, 11) is 0. The molecule has 0 aliphatic carbocycles. The predicted molar refractivity (Wildman–Crippen MR) is 77.7 cm³/mol. The molecule has 0 saturated carbocycles. The van der Waals surface area contributed by atoms with Crippen molar-refractivity contribution in [3.63, 3.8) is 0 Å². The molecule has 1 atom stereocenters. The summed E-state index contributed by atoms with van der Waals surface area (Å²) in [6, 6.07) is 9.24. The highest BCUT2D eigenvalue weighted by Crippen LogP contribution is 2.09. The van der Waals surface area contributed by atoms with E-state index in [0.29, 0.717) is 0 Å². The van der Waals surface area contributed by atoms with Gasteiger partial charge in [-0.25, -0.2) is 0 Å². The molecule has 2 rings (SSSR count). The van der Waals surface area contributed by atoms with E-state index in [4.69, 9.17) is 12.2 Å². The SMILES string of the molecule is CC1N=NC(=S)N(/N=C/C=C/c2ccccc2)C1=O. The first-order valence-electron chi connectivity index (χ1n) is 5.73. The van der Waals surface area contributed by atoms with Crippen molar-refractivity contribution in [3.05, 3.63) is 42.0 Å². The molecule has 0 N–H and O–H groups in total. The van der Waals surface area contributed by atoms with E-state index in [1.807, 2.05) is 36.4 Å². The molecule has 5 nitrogen and oxygen atoms in total. The van der Waals surface area contributed by atoms with Crippen LogP contribution in [0.15, 0.2) is 51.7 Å². The Labute approximate surface area is 116 Å². The van der Waals surface area contributed by atoms with E-state index in [-0.39, 0.29) is 11.0 Å². The second-order valence-corrected chi connectivity index (χ2v) is 4.22. The van der Waals surface area contributed by atoms with Crippen LogP contribution < -0.4 is 0 Å². The van der Waals surface area contributed by atoms with Gasteiger partial charge >= 0.3 is 0 Å². The number of thiocarbonyl (C=S) groups is 1. The van der Waals surface area contributed by atoms with Crippen LogP contribution in [0.3, 0.4) is 0 Å². The molecule has 1 aliphatic rings. The third-order valence-corrected chi connectivity index (χ3v) is 2.67. The first kappa shape index (κ1) is 13.2. The van der Waals surface area contributed by atoms with Crippen LogP contribution in [0.1, 0.15) is 12.5 Å². The Morgan fingerprint density at radius 1 is 1.37 bits per heavy atom. The van der Waals surface area contributed by atoms with Crippen LogP contribution in [0.2, 0.25) is 0 Å². The van der Waals surface area contributed by atoms with Crippen molar-refractivity contribution in [3.8, 4) is 0 Å². The average Bonchev–Trinajstić information content (AvgIpc) is 2.43. The van der Waals surface area contributed by atoms with Crippen molar-refractivity contribution in [2.24, 2.45) is 15.3 Å². The van der Waals surface area contributed by atoms with Gasteiger partial charge in [-0.3, -0.25) is 4.79 Å². The Morgan fingerprint density at radius 2 is 2.11 bits per heavy atom. The van der Waals surface area contributed by atoms with Gasteiger partial charge in [0.15, 0.2) is 0 Å². The number of benzene rings is 1. The number of amides is 1. The van der Waals surface area contributed by atoms with E-state index in [0.717, 1.165) is 10.6 Å². The molecule has 0 fully saturated rings. The van der Waals surface area contributed by atoms with Crippen LogP contribution in [-0.2, 0) is 4.79 Å². The molecule has 0 aromatic heterocycles. The minimum atomic E-state index is -0.540. The third-order valence-electron chi connectivity index (χ3n) is 2.42. The monoisotopic (exact) mass is 272 g/mol. The average molecular weight is 272 g/mol. The summed E-state index contributed by atoms with van der Waals surface area (Å²) in [5.74, 6) is -0.274. The van der Waals surface area contributed by atoms with Crippen LogP contribution in [0.5, 0.6) is 0 Å². The zero-order chi connectivity index (χ0) is 13.7. The lowest BCUT2D eigenvalue weighted by molar-refractivity contribution is -0.128. The van der Waals surface area contributed by atoms with Gasteiger partial charge in [-0.05, 0) is 30.8 Å². The van der Waals surface area contributed by atoms with Gasteiger partial charge in [0.1, 0.15) is 6.04 Å². The molecule has 1 aliphatic heterocycles. The van der Waals surface area contributed by atoms with Gasteiger partial charge < -0.3 is 0 Å². The zero-order valence-electron chi connectivity index (χ0n) is 10.3. The molecule has 1 heterocycles. The van der Waals surface area contributed by atoms with Gasteiger partial charge in [0, 0.05) is 6.21 Å². The van der Waals surface area contributed by atoms with E-state index in [1.54, 1.807) is 13.0 Å². The smallest absolute Gasteiger partial charge is 0.270 e. The Balaban J connectivity index is 2.03. The normalized spacial score (nSPS) is 19.8. The molecule has 96 valence electrons. The number of hydrogen-bond donors (Lipinski definition) is 0. The van der Waals surface area contributed by atoms with E-state index >= 15 is 0 Å². The standard InChI is InChI=1S/C13H12N4OS/c1-10-12(18)17(13(19)16-15-10)14-9-5-8-11-6-3-2-4-7-11/h2-10H,1H3/b8-5+,14-9+. The summed E-state index contributed by atoms with van der Waals surface area (Å²) >= 11 is 4.91. The fourth-order valence-electron chi connectivity index (χ4n) is 1.43. The number of nitrogens with zero attached hydrogens (tertiary/aromatic N) is 4. The van der Waals surface area contributed by atoms with Crippen LogP contribution in [0.25, 0.3) is 6.08 Å². The molecule has 19 heavy (non-hydrogen) atoms. The summed E-state index contributed by atoms with van der Waals surface area (Å²) in [6.07, 6.45) is 5.12. The molecule has 0 bridgehead atoms. The molecular weight excluding hydrogens is 260 g/mol. The van der Waals surface area contributed by atoms with Gasteiger partial charge in [0.05, 0.1) is 0 Å². The number of allylic oxidation sites excluding steroid dienone is 1. The molecule has 1 aromatic rings. The quantitative estimate of drug-likeness (QED) is 0.627. The van der Waals surface area contributed by atoms with Crippen molar-refractivity contribution >= 4 is 35.5 Å². The lowest BCUT2D eigenvalue weighted by atomic mass is 10.2. The lowest BCUT2D eigenvalue weighted by Crippen LogP contribution is -2.39. The van der Waals surface area contributed by atoms with Crippen molar-refractivity contribution in [2.75, 3.05) is 0 Å². The number of rotatable bonds is 3. The van der Waals surface area contributed by atoms with Crippen LogP contribution in [0, 0.1) is 0 Å². The Hall–Kier alpha value is -2.21. The molecule has 0 saturated heterocycles. The highest BCUT2D eigenvalue weighted by molar-refractivity contribution is 7.80. The summed E-state index contributed by atoms with van der Waals surface area (Å²) in [6.45, 7) is 1.65. The van der Waals surface area contributed by atoms with Crippen LogP contribution in [0.4, 0.5) is 0 Å². The van der Waals surface area contributed by atoms with Crippen molar-refractivity contribution < 1.29 is 4.79 Å². The highest BCUT2D eigenvalue weighted by atomic mass is 32.1. The predicted octanol–water partition coefficient (Wildman–Crippen LogP) is 2.65. The fourth-order valence-corrected chi connectivity index (χ4v) is 1.61. The van der Waals surface area contributed by atoms with Gasteiger partial charge in [0.2, 0.25) is 5.11 Å². The molecular formula is C13H12N4OS. The Morgan fingerprint density at radius 3 is 2.84 bits per heavy atom. The van der Waals surface area contributed by atoms with Crippen molar-refractivity contribution in [1.29, 1.82) is 0 Å². The number of carbonyl (C=O) groups excluding carboxylic acids is 1. The van der Waals surface area contributed by atoms with Gasteiger partial charge in [-0.15, -0.1) is 5.11 Å². The molecule has 1 aromatic carbocycles. The summed E-state index contributed by atoms with van der Waals surface area (Å²) in [5, 5.41) is 12.6. The maximum Gasteiger partial charge on any atom is 0.275 e. The first-order valence-corrected chi connectivity index (χ1v) is 6.14. The van der Waals surface area contributed by atoms with Gasteiger partial charge in [-0.1, -0.05) is 36.4 Å². The number of hydrazone groups is 1.